The van der Waals surface area contributed by atoms with Crippen molar-refractivity contribution < 1.29 is 79.1 Å². The lowest BCUT2D eigenvalue weighted by Crippen LogP contribution is -2.67. The molecule has 6 atom stereocenters. The number of amides is 6. The molecule has 0 saturated carbocycles. The van der Waals surface area contributed by atoms with Crippen molar-refractivity contribution in [3.8, 4) is 0 Å². The van der Waals surface area contributed by atoms with Crippen LogP contribution in [0, 0.1) is 0 Å². The number of carbonyl (C=O) groups excluding carboxylic acids is 7. The van der Waals surface area contributed by atoms with Gasteiger partial charge in [-0.25, -0.2) is 0 Å². The van der Waals surface area contributed by atoms with Crippen molar-refractivity contribution in [1.29, 1.82) is 0 Å². The van der Waals surface area contributed by atoms with Crippen LogP contribution >= 0.6 is 0 Å². The van der Waals surface area contributed by atoms with E-state index in [4.69, 9.17) is 30.6 Å². The van der Waals surface area contributed by atoms with Crippen LogP contribution in [0.5, 0.6) is 0 Å². The van der Waals surface area contributed by atoms with Gasteiger partial charge in [0.15, 0.2) is 6.04 Å². The van der Waals surface area contributed by atoms with Crippen LogP contribution in [0.2, 0.25) is 0 Å². The van der Waals surface area contributed by atoms with E-state index in [1.165, 1.54) is 13.8 Å². The molecule has 21 nitrogen and oxygen atoms in total. The number of nitrogens with two attached hydrogens (primary N) is 1. The van der Waals surface area contributed by atoms with Gasteiger partial charge in [0.1, 0.15) is 30.3 Å². The van der Waals surface area contributed by atoms with Crippen molar-refractivity contribution in [2.24, 2.45) is 10.7 Å². The zero-order valence-corrected chi connectivity index (χ0v) is 34.8. The fourth-order valence-corrected chi connectivity index (χ4v) is 3.07. The van der Waals surface area contributed by atoms with Crippen LogP contribution in [0.15, 0.2) is 4.99 Å². The molecule has 0 bridgehead atoms. The van der Waals surface area contributed by atoms with Crippen molar-refractivity contribution in [2.75, 3.05) is 39.5 Å². The number of hydrogen-bond acceptors (Lipinski definition) is 14. The predicted octanol–water partition coefficient (Wildman–Crippen LogP) is -4.14. The maximum Gasteiger partial charge on any atom is 0.446 e. The highest BCUT2D eigenvalue weighted by Crippen LogP contribution is 2.08. The van der Waals surface area contributed by atoms with Gasteiger partial charge >= 0.3 is 6.18 Å². The van der Waals surface area contributed by atoms with Crippen LogP contribution < -0.4 is 48.5 Å². The summed E-state index contributed by atoms with van der Waals surface area (Å²) in [5, 5.41) is 52.3. The Morgan fingerprint density at radius 3 is 1.28 bits per heavy atom. The van der Waals surface area contributed by atoms with Crippen LogP contribution in [0.3, 0.4) is 0 Å². The Balaban J connectivity index is -0.000000234. The highest BCUT2D eigenvalue weighted by atomic mass is 19.4. The highest BCUT2D eigenvalue weighted by molar-refractivity contribution is 5.90. The number of halogens is 3. The third-order valence-electron chi connectivity index (χ3n) is 6.23. The van der Waals surface area contributed by atoms with Gasteiger partial charge in [0.05, 0.1) is 6.04 Å². The summed E-state index contributed by atoms with van der Waals surface area (Å²) in [4.78, 5) is 80.8. The van der Waals surface area contributed by atoms with E-state index in [0.717, 1.165) is 0 Å². The van der Waals surface area contributed by atoms with Crippen molar-refractivity contribution in [1.82, 2.24) is 31.9 Å². The Labute approximate surface area is 338 Å². The van der Waals surface area contributed by atoms with E-state index in [1.54, 1.807) is 48.5 Å². The molecule has 0 aromatic carbocycles. The smallest absolute Gasteiger partial charge is 0.446 e. The van der Waals surface area contributed by atoms with Crippen LogP contribution in [-0.2, 0) is 38.3 Å². The number of carbonyl (C=O) groups is 7. The van der Waals surface area contributed by atoms with Crippen molar-refractivity contribution in [3.63, 3.8) is 0 Å². The van der Waals surface area contributed by atoms with Gasteiger partial charge in [-0.2, -0.15) is 13.2 Å². The molecule has 0 unspecified atom stereocenters. The maximum absolute atomic E-state index is 11.9. The summed E-state index contributed by atoms with van der Waals surface area (Å²) in [6.07, 6.45) is -5.07. The second kappa shape index (κ2) is 33.3. The van der Waals surface area contributed by atoms with Crippen LogP contribution in [0.4, 0.5) is 13.2 Å². The fourth-order valence-electron chi connectivity index (χ4n) is 3.07. The average Bonchev–Trinajstić information content (AvgIpc) is 3.11. The predicted molar refractivity (Wildman–Crippen MR) is 205 cm³/mol. The van der Waals surface area contributed by atoms with Gasteiger partial charge in [0, 0.05) is 46.5 Å². The second-order valence-electron chi connectivity index (χ2n) is 13.4. The summed E-state index contributed by atoms with van der Waals surface area (Å²) in [5.41, 5.74) is 8.19. The lowest BCUT2D eigenvalue weighted by molar-refractivity contribution is -0.398. The van der Waals surface area contributed by atoms with Crippen molar-refractivity contribution in [2.45, 2.75) is 130 Å². The number of nitrogens with one attached hydrogen (secondary N) is 6. The van der Waals surface area contributed by atoms with Crippen molar-refractivity contribution >= 4 is 47.8 Å². The van der Waals surface area contributed by atoms with Crippen LogP contribution in [-0.4, -0.2) is 151 Å². The third kappa shape index (κ3) is 38.2. The van der Waals surface area contributed by atoms with Gasteiger partial charge in [-0.15, -0.1) is 0 Å². The van der Waals surface area contributed by atoms with Crippen molar-refractivity contribution in [3.05, 3.63) is 0 Å². The van der Waals surface area contributed by atoms with Crippen LogP contribution in [0.25, 0.3) is 0 Å². The Bertz CT molecular complexity index is 1210. The minimum atomic E-state index is -4.64. The monoisotopic (exact) mass is 851 g/mol. The molecule has 58 heavy (non-hydrogen) atoms. The first-order valence-electron chi connectivity index (χ1n) is 18.2. The quantitative estimate of drug-likeness (QED) is 0.0255. The maximum atomic E-state index is 11.9. The first-order valence-corrected chi connectivity index (χ1v) is 18.2. The van der Waals surface area contributed by atoms with E-state index < -0.39 is 60.3 Å². The number of aldehydes is 1. The molecule has 0 aliphatic heterocycles. The molecule has 0 aliphatic rings. The average molecular weight is 852 g/mol. The van der Waals surface area contributed by atoms with E-state index in [2.05, 4.69) is 42.6 Å². The minimum Gasteiger partial charge on any atom is -0.595 e. The molecule has 0 saturated heterocycles. The number of rotatable bonds is 19. The van der Waals surface area contributed by atoms with Gasteiger partial charge in [0.2, 0.25) is 35.8 Å². The third-order valence-corrected chi connectivity index (χ3v) is 6.23. The highest BCUT2D eigenvalue weighted by Gasteiger charge is 2.25. The van der Waals surface area contributed by atoms with Gasteiger partial charge in [-0.05, 0) is 60.8 Å². The molecule has 0 aliphatic carbocycles. The number of aliphatic imine (C=N–C) groups is 1. The lowest BCUT2D eigenvalue weighted by Gasteiger charge is -2.30. The number of ether oxygens (including phenoxy) is 1. The molecular formula is C34H68F3N9O12. The molecule has 0 radical (unpaired) electrons. The Hall–Kier alpha value is -4.65. The summed E-state index contributed by atoms with van der Waals surface area (Å²) in [7, 11) is 0. The molecular weight excluding hydrogens is 783 g/mol. The zero-order chi connectivity index (χ0) is 46.2. The molecule has 6 amide bonds. The Morgan fingerprint density at radius 1 is 0.707 bits per heavy atom. The number of hydrogen-bond donors (Lipinski definition) is 11. The number of quaternary nitrogens is 1. The van der Waals surface area contributed by atoms with E-state index in [0.29, 0.717) is 38.9 Å². The summed E-state index contributed by atoms with van der Waals surface area (Å²) >= 11 is 0. The van der Waals surface area contributed by atoms with Gasteiger partial charge in [-0.1, -0.05) is 20.8 Å². The second-order valence-corrected chi connectivity index (χ2v) is 13.4. The van der Waals surface area contributed by atoms with E-state index >= 15 is 0 Å². The fraction of sp³-hybridized carbons (Fsp3) is 0.765. The minimum absolute atomic E-state index is 0. The number of nitrogens with zero attached hydrogens (tertiary/aromatic N) is 1. The number of aliphatic hydroxyl groups is 3. The molecule has 342 valence electrons. The Morgan fingerprint density at radius 2 is 1.02 bits per heavy atom. The molecule has 0 aromatic rings. The summed E-state index contributed by atoms with van der Waals surface area (Å²) in [6, 6.07) is -3.90. The SMILES string of the molecule is C[C@H](N)C(=O)N[C@@H](C)C(=O)NCCCO.C[C@H](N=C([O-])OC(C)(C)C)C(=O)N[C@@H](C)C(=O)NCCCO.C[C@H]([NH3+])C(=O)N[C@@H](C)C(=O)NCCCO.O=CC(F)(F)F.[HH]. The van der Waals surface area contributed by atoms with E-state index in [1.807, 2.05) is 0 Å². The van der Waals surface area contributed by atoms with E-state index in [9.17, 15) is 47.0 Å². The zero-order valence-electron chi connectivity index (χ0n) is 34.8. The molecule has 14 N–H and O–H groups in total. The lowest BCUT2D eigenvalue weighted by atomic mass is 10.2. The molecule has 0 spiro atoms. The number of alkyl halides is 3. The molecule has 0 fully saturated rings. The van der Waals surface area contributed by atoms with Gasteiger partial charge in [-0.3, -0.25) is 38.6 Å². The Kier molecular flexibility index (Phi) is 34.5. The van der Waals surface area contributed by atoms with Gasteiger partial charge in [0.25, 0.3) is 5.91 Å². The summed E-state index contributed by atoms with van der Waals surface area (Å²) in [5.74, 6) is -2.06. The van der Waals surface area contributed by atoms with Gasteiger partial charge < -0.3 is 68.5 Å². The molecule has 0 rings (SSSR count). The first-order chi connectivity index (χ1) is 26.6. The van der Waals surface area contributed by atoms with Crippen LogP contribution in [0.1, 0.15) is 83.0 Å². The summed E-state index contributed by atoms with van der Waals surface area (Å²) < 4.78 is 36.2. The number of aliphatic hydroxyl groups excluding tert-OH is 3. The molecule has 0 aromatic heterocycles. The normalized spacial score (nSPS) is 14.1. The largest absolute Gasteiger partial charge is 0.595 e. The topological polar surface area (TPSA) is 351 Å². The molecule has 0 heterocycles. The summed E-state index contributed by atoms with van der Waals surface area (Å²) in [6.45, 7) is 15.6. The van der Waals surface area contributed by atoms with E-state index in [-0.39, 0.29) is 56.8 Å². The standard InChI is InChI=1S/C14H27N3O5.2C9H19N3O3.C2HF3O.H2/c1-9(11(19)15-7-6-8-18)16-12(20)10(2)17-13(21)22-14(3,4)5;2*1-6(10)8(14)12-7(2)9(15)11-4-3-5-13;3-2(4,5)1-6;/h9-10,18H,6-8H2,1-5H3,(H,15,19)(H,16,20)(H,17,21);2*6-7,13H,3-5,10H2,1-2H3,(H,11,15)(H,12,14);1H;1H/t9-,10-;2*6-,7-;;/m000../s1. The first kappa shape index (κ1) is 60.0. The molecule has 24 heteroatoms.